The lowest BCUT2D eigenvalue weighted by molar-refractivity contribution is -0.113. The van der Waals surface area contributed by atoms with Gasteiger partial charge in [-0.15, -0.1) is 11.3 Å². The lowest BCUT2D eigenvalue weighted by atomic mass is 9.89. The van der Waals surface area contributed by atoms with Crippen molar-refractivity contribution in [2.45, 2.75) is 38.3 Å². The number of rotatable bonds is 5. The smallest absolute Gasteiger partial charge is 0.267 e. The van der Waals surface area contributed by atoms with Crippen molar-refractivity contribution in [2.75, 3.05) is 11.1 Å². The number of hydrogen-bond acceptors (Lipinski definition) is 5. The summed E-state index contributed by atoms with van der Waals surface area (Å²) in [6, 6.07) is 17.3. The van der Waals surface area contributed by atoms with Crippen LogP contribution in [0.3, 0.4) is 0 Å². The molecule has 5 nitrogen and oxygen atoms in total. The van der Waals surface area contributed by atoms with Gasteiger partial charge in [0.25, 0.3) is 5.56 Å². The first kappa shape index (κ1) is 21.9. The molecule has 1 aliphatic carbocycles. The quantitative estimate of drug-likeness (QED) is 0.301. The highest BCUT2D eigenvalue weighted by molar-refractivity contribution is 7.99. The van der Waals surface area contributed by atoms with Crippen LogP contribution in [0.1, 0.15) is 29.3 Å². The molecule has 0 fully saturated rings. The molecule has 2 aromatic carbocycles. The fourth-order valence-corrected chi connectivity index (χ4v) is 6.47. The van der Waals surface area contributed by atoms with E-state index < -0.39 is 0 Å². The Labute approximate surface area is 200 Å². The van der Waals surface area contributed by atoms with E-state index in [0.29, 0.717) is 11.1 Å². The average molecular weight is 476 g/mol. The van der Waals surface area contributed by atoms with Crippen LogP contribution in [0.2, 0.25) is 0 Å². The predicted octanol–water partition coefficient (Wildman–Crippen LogP) is 5.61. The summed E-state index contributed by atoms with van der Waals surface area (Å²) in [4.78, 5) is 33.3. The second-order valence-electron chi connectivity index (χ2n) is 8.61. The number of nitrogens with zero attached hydrogens (tertiary/aromatic N) is 2. The standard InChI is InChI=1S/C26H25N3O2S2/c1-16-8-11-18(12-9-16)27-22(30)15-32-26-28-24-23(20-13-10-17(2)14-21(20)33-24)25(31)29(26)19-6-4-3-5-7-19/h3-9,11-12,17H,10,13-15H2,1-2H3,(H,27,30)/t17-/m0/s1. The van der Waals surface area contributed by atoms with Crippen LogP contribution in [-0.2, 0) is 17.6 Å². The Hall–Kier alpha value is -2.90. The molecule has 1 aliphatic rings. The zero-order valence-electron chi connectivity index (χ0n) is 18.6. The molecular weight excluding hydrogens is 450 g/mol. The van der Waals surface area contributed by atoms with E-state index >= 15 is 0 Å². The molecule has 2 aromatic heterocycles. The fraction of sp³-hybridized carbons (Fsp3) is 0.269. The van der Waals surface area contributed by atoms with Crippen molar-refractivity contribution >= 4 is 44.9 Å². The maximum atomic E-state index is 13.7. The monoisotopic (exact) mass is 475 g/mol. The number of carbonyl (C=O) groups excluding carboxylic acids is 1. The van der Waals surface area contributed by atoms with E-state index in [2.05, 4.69) is 12.2 Å². The molecule has 1 atom stereocenters. The van der Waals surface area contributed by atoms with Gasteiger partial charge >= 0.3 is 0 Å². The Morgan fingerprint density at radius 1 is 1.18 bits per heavy atom. The van der Waals surface area contributed by atoms with Gasteiger partial charge in [0.05, 0.1) is 16.8 Å². The minimum atomic E-state index is -0.128. The third kappa shape index (κ3) is 4.48. The number of aryl methyl sites for hydroxylation is 2. The fourth-order valence-electron chi connectivity index (χ4n) is 4.24. The Morgan fingerprint density at radius 3 is 2.70 bits per heavy atom. The number of aromatic nitrogens is 2. The number of nitrogens with one attached hydrogen (secondary N) is 1. The van der Waals surface area contributed by atoms with Crippen LogP contribution in [0.15, 0.2) is 64.5 Å². The first-order valence-corrected chi connectivity index (χ1v) is 12.9. The second kappa shape index (κ2) is 9.15. The maximum absolute atomic E-state index is 13.7. The maximum Gasteiger partial charge on any atom is 0.267 e. The van der Waals surface area contributed by atoms with Crippen LogP contribution in [0.5, 0.6) is 0 Å². The van der Waals surface area contributed by atoms with Gasteiger partial charge in [0.2, 0.25) is 5.91 Å². The Bertz CT molecular complexity index is 1370. The zero-order valence-corrected chi connectivity index (χ0v) is 20.3. The molecule has 168 valence electrons. The van der Waals surface area contributed by atoms with Gasteiger partial charge in [0.1, 0.15) is 4.83 Å². The van der Waals surface area contributed by atoms with Gasteiger partial charge in [-0.05, 0) is 61.9 Å². The summed E-state index contributed by atoms with van der Waals surface area (Å²) in [6.45, 7) is 4.27. The number of para-hydroxylation sites is 1. The number of carbonyl (C=O) groups is 1. The van der Waals surface area contributed by atoms with Gasteiger partial charge in [-0.25, -0.2) is 4.98 Å². The Kier molecular flexibility index (Phi) is 6.08. The highest BCUT2D eigenvalue weighted by atomic mass is 32.2. The minimum Gasteiger partial charge on any atom is -0.325 e. The second-order valence-corrected chi connectivity index (χ2v) is 10.6. The van der Waals surface area contributed by atoms with E-state index in [1.54, 1.807) is 15.9 Å². The molecule has 0 unspecified atom stereocenters. The van der Waals surface area contributed by atoms with Crippen LogP contribution in [0.4, 0.5) is 5.69 Å². The van der Waals surface area contributed by atoms with Crippen molar-refractivity contribution in [3.63, 3.8) is 0 Å². The summed E-state index contributed by atoms with van der Waals surface area (Å²) >= 11 is 2.93. The molecule has 33 heavy (non-hydrogen) atoms. The van der Waals surface area contributed by atoms with Crippen molar-refractivity contribution in [1.82, 2.24) is 9.55 Å². The van der Waals surface area contributed by atoms with Crippen LogP contribution in [0.25, 0.3) is 15.9 Å². The van der Waals surface area contributed by atoms with Gasteiger partial charge in [0, 0.05) is 10.6 Å². The number of benzene rings is 2. The van der Waals surface area contributed by atoms with Gasteiger partial charge in [-0.3, -0.25) is 14.2 Å². The number of thiophene rings is 1. The molecule has 4 aromatic rings. The van der Waals surface area contributed by atoms with E-state index in [-0.39, 0.29) is 17.2 Å². The molecule has 1 amide bonds. The number of anilines is 1. The number of fused-ring (bicyclic) bond motifs is 3. The van der Waals surface area contributed by atoms with E-state index in [1.807, 2.05) is 61.5 Å². The van der Waals surface area contributed by atoms with Crippen molar-refractivity contribution in [1.29, 1.82) is 0 Å². The summed E-state index contributed by atoms with van der Waals surface area (Å²) in [5, 5.41) is 4.22. The topological polar surface area (TPSA) is 64.0 Å². The third-order valence-electron chi connectivity index (χ3n) is 5.98. The SMILES string of the molecule is Cc1ccc(NC(=O)CSc2nc3sc4c(c3c(=O)n2-c2ccccc2)CC[C@H](C)C4)cc1. The van der Waals surface area contributed by atoms with Crippen LogP contribution >= 0.6 is 23.1 Å². The van der Waals surface area contributed by atoms with Crippen LogP contribution in [0, 0.1) is 12.8 Å². The molecule has 0 saturated heterocycles. The molecule has 5 rings (SSSR count). The largest absolute Gasteiger partial charge is 0.325 e. The average Bonchev–Trinajstić information content (AvgIpc) is 3.17. The highest BCUT2D eigenvalue weighted by Crippen LogP contribution is 2.37. The van der Waals surface area contributed by atoms with Crippen molar-refractivity contribution in [3.8, 4) is 5.69 Å². The summed E-state index contributed by atoms with van der Waals surface area (Å²) < 4.78 is 1.66. The van der Waals surface area contributed by atoms with E-state index in [0.717, 1.165) is 46.4 Å². The van der Waals surface area contributed by atoms with E-state index in [1.165, 1.54) is 22.2 Å². The molecule has 2 heterocycles. The first-order valence-electron chi connectivity index (χ1n) is 11.1. The van der Waals surface area contributed by atoms with Crippen LogP contribution < -0.4 is 10.9 Å². The molecule has 0 saturated carbocycles. The summed E-state index contributed by atoms with van der Waals surface area (Å²) in [5.41, 5.74) is 3.79. The Balaban J connectivity index is 1.51. The van der Waals surface area contributed by atoms with Crippen molar-refractivity contribution in [2.24, 2.45) is 5.92 Å². The summed E-state index contributed by atoms with van der Waals surface area (Å²) in [5.74, 6) is 0.666. The normalized spacial score (nSPS) is 15.4. The third-order valence-corrected chi connectivity index (χ3v) is 8.07. The molecule has 0 aliphatic heterocycles. The Morgan fingerprint density at radius 2 is 1.94 bits per heavy atom. The number of amides is 1. The van der Waals surface area contributed by atoms with E-state index in [9.17, 15) is 9.59 Å². The van der Waals surface area contributed by atoms with Gasteiger partial charge < -0.3 is 5.32 Å². The number of thioether (sulfide) groups is 1. The van der Waals surface area contributed by atoms with Crippen molar-refractivity contribution < 1.29 is 4.79 Å². The highest BCUT2D eigenvalue weighted by Gasteiger charge is 2.25. The van der Waals surface area contributed by atoms with Gasteiger partial charge in [-0.1, -0.05) is 54.6 Å². The zero-order chi connectivity index (χ0) is 22.9. The minimum absolute atomic E-state index is 0.0419. The first-order chi connectivity index (χ1) is 16.0. The van der Waals surface area contributed by atoms with Gasteiger partial charge in [-0.2, -0.15) is 0 Å². The molecule has 0 spiro atoms. The van der Waals surface area contributed by atoms with Crippen LogP contribution in [-0.4, -0.2) is 21.2 Å². The lowest BCUT2D eigenvalue weighted by Gasteiger charge is -2.17. The predicted molar refractivity (Wildman–Crippen MR) is 137 cm³/mol. The summed E-state index contributed by atoms with van der Waals surface area (Å²) in [7, 11) is 0. The lowest BCUT2D eigenvalue weighted by Crippen LogP contribution is -2.23. The molecule has 0 radical (unpaired) electrons. The molecule has 0 bridgehead atoms. The molecular formula is C26H25N3O2S2. The van der Waals surface area contributed by atoms with Gasteiger partial charge in [0.15, 0.2) is 5.16 Å². The molecule has 1 N–H and O–H groups in total. The molecule has 7 heteroatoms. The van der Waals surface area contributed by atoms with E-state index in [4.69, 9.17) is 4.98 Å². The summed E-state index contributed by atoms with van der Waals surface area (Å²) in [6.07, 6.45) is 3.02. The van der Waals surface area contributed by atoms with Crippen molar-refractivity contribution in [3.05, 3.63) is 81.0 Å². The number of hydrogen-bond donors (Lipinski definition) is 1.